The minimum atomic E-state index is -0.539. The quantitative estimate of drug-likeness (QED) is 0.317. The molecule has 0 heterocycles. The van der Waals surface area contributed by atoms with E-state index in [1.54, 1.807) is 54.6 Å². The van der Waals surface area contributed by atoms with Gasteiger partial charge in [0.1, 0.15) is 0 Å². The lowest BCUT2D eigenvalue weighted by molar-refractivity contribution is -0.134. The zero-order valence-corrected chi connectivity index (χ0v) is 15.9. The second-order valence-corrected chi connectivity index (χ2v) is 6.21. The summed E-state index contributed by atoms with van der Waals surface area (Å²) >= 11 is 5.96. The Balaban J connectivity index is 1.52. The van der Waals surface area contributed by atoms with Gasteiger partial charge in [-0.1, -0.05) is 54.1 Å². The van der Waals surface area contributed by atoms with Crippen LogP contribution < -0.4 is 5.48 Å². The van der Waals surface area contributed by atoms with Crippen molar-refractivity contribution in [2.75, 3.05) is 5.48 Å². The number of azo groups is 1. The second kappa shape index (κ2) is 9.96. The summed E-state index contributed by atoms with van der Waals surface area (Å²) in [5.74, 6) is -1.07. The van der Waals surface area contributed by atoms with Gasteiger partial charge < -0.3 is 4.84 Å². The van der Waals surface area contributed by atoms with E-state index >= 15 is 0 Å². The molecule has 3 aromatic rings. The third-order valence-electron chi connectivity index (χ3n) is 3.71. The molecule has 0 saturated heterocycles. The monoisotopic (exact) mass is 405 g/mol. The Kier molecular flexibility index (Phi) is 6.86. The molecule has 0 fully saturated rings. The zero-order valence-electron chi connectivity index (χ0n) is 15.2. The lowest BCUT2D eigenvalue weighted by Crippen LogP contribution is -2.07. The van der Waals surface area contributed by atoms with Gasteiger partial charge in [-0.05, 0) is 48.0 Å². The highest BCUT2D eigenvalue weighted by atomic mass is 35.5. The van der Waals surface area contributed by atoms with E-state index in [4.69, 9.17) is 16.4 Å². The predicted octanol–water partition coefficient (Wildman–Crippen LogP) is 5.85. The van der Waals surface area contributed by atoms with Gasteiger partial charge in [-0.3, -0.25) is 4.79 Å². The maximum absolute atomic E-state index is 12.0. The Morgan fingerprint density at radius 3 is 2.31 bits per heavy atom. The van der Waals surface area contributed by atoms with Gasteiger partial charge in [-0.15, -0.1) is 10.2 Å². The number of nitrogens with zero attached hydrogens (tertiary/aromatic N) is 2. The smallest absolute Gasteiger partial charge is 0.339 e. The van der Waals surface area contributed by atoms with E-state index in [1.165, 1.54) is 6.08 Å². The molecule has 29 heavy (non-hydrogen) atoms. The van der Waals surface area contributed by atoms with E-state index in [1.807, 2.05) is 30.3 Å². The minimum absolute atomic E-state index is 0.284. The standard InChI is InChI=1S/C22H16ClN3O3/c23-20-9-5-4-8-19(20)22(28)25-24-17-11-13-18(14-12-17)26-29-21(27)15-10-16-6-2-1-3-7-16/h1-15,26H/b15-10+,25-24?. The molecule has 1 N–H and O–H groups in total. The van der Waals surface area contributed by atoms with Gasteiger partial charge in [-0.25, -0.2) is 10.3 Å². The van der Waals surface area contributed by atoms with Crippen LogP contribution in [0, 0.1) is 0 Å². The van der Waals surface area contributed by atoms with E-state index in [0.29, 0.717) is 16.4 Å². The van der Waals surface area contributed by atoms with Crippen LogP contribution in [0.3, 0.4) is 0 Å². The first-order chi connectivity index (χ1) is 14.1. The van der Waals surface area contributed by atoms with E-state index in [9.17, 15) is 9.59 Å². The fourth-order valence-electron chi connectivity index (χ4n) is 2.26. The maximum atomic E-state index is 12.0. The molecular formula is C22H16ClN3O3. The molecule has 0 aliphatic heterocycles. The van der Waals surface area contributed by atoms with Crippen LogP contribution >= 0.6 is 11.6 Å². The first-order valence-corrected chi connectivity index (χ1v) is 9.00. The number of hydrogen-bond acceptors (Lipinski definition) is 5. The highest BCUT2D eigenvalue weighted by Crippen LogP contribution is 2.19. The molecule has 1 amide bonds. The van der Waals surface area contributed by atoms with Crippen LogP contribution in [0.1, 0.15) is 15.9 Å². The number of hydrogen-bond donors (Lipinski definition) is 1. The summed E-state index contributed by atoms with van der Waals surface area (Å²) in [6.45, 7) is 0. The van der Waals surface area contributed by atoms with Crippen molar-refractivity contribution in [2.24, 2.45) is 10.2 Å². The zero-order chi connectivity index (χ0) is 20.5. The van der Waals surface area contributed by atoms with E-state index in [0.717, 1.165) is 5.56 Å². The van der Waals surface area contributed by atoms with Crippen molar-refractivity contribution in [3.05, 3.63) is 101 Å². The Labute approximate surface area is 172 Å². The molecule has 0 saturated carbocycles. The fraction of sp³-hybridized carbons (Fsp3) is 0. The number of nitrogens with one attached hydrogen (secondary N) is 1. The molecule has 0 bridgehead atoms. The summed E-state index contributed by atoms with van der Waals surface area (Å²) in [6.07, 6.45) is 2.98. The topological polar surface area (TPSA) is 80.1 Å². The molecule has 0 atom stereocenters. The van der Waals surface area contributed by atoms with Crippen molar-refractivity contribution < 1.29 is 14.4 Å². The molecule has 0 aromatic heterocycles. The molecular weight excluding hydrogens is 390 g/mol. The molecule has 3 rings (SSSR count). The number of carbonyl (C=O) groups excluding carboxylic acids is 2. The number of anilines is 1. The third kappa shape index (κ3) is 6.12. The molecule has 6 nitrogen and oxygen atoms in total. The maximum Gasteiger partial charge on any atom is 0.355 e. The van der Waals surface area contributed by atoms with Gasteiger partial charge in [0.2, 0.25) is 0 Å². The fourth-order valence-corrected chi connectivity index (χ4v) is 2.48. The highest BCUT2D eigenvalue weighted by molar-refractivity contribution is 6.33. The molecule has 0 aliphatic carbocycles. The number of carbonyl (C=O) groups is 2. The van der Waals surface area contributed by atoms with Crippen LogP contribution in [0.5, 0.6) is 0 Å². The van der Waals surface area contributed by atoms with E-state index < -0.39 is 11.9 Å². The summed E-state index contributed by atoms with van der Waals surface area (Å²) in [5, 5.41) is 7.88. The first kappa shape index (κ1) is 20.0. The number of benzene rings is 3. The van der Waals surface area contributed by atoms with Gasteiger partial charge >= 0.3 is 5.97 Å². The van der Waals surface area contributed by atoms with Crippen LogP contribution in [0.15, 0.2) is 95.2 Å². The first-order valence-electron chi connectivity index (χ1n) is 8.62. The van der Waals surface area contributed by atoms with Crippen molar-refractivity contribution in [2.45, 2.75) is 0 Å². The van der Waals surface area contributed by atoms with Gasteiger partial charge in [0.15, 0.2) is 0 Å². The average Bonchev–Trinajstić information content (AvgIpc) is 2.76. The lowest BCUT2D eigenvalue weighted by Gasteiger charge is -2.04. The Bertz CT molecular complexity index is 1050. The number of rotatable bonds is 6. The van der Waals surface area contributed by atoms with Crippen molar-refractivity contribution in [1.29, 1.82) is 0 Å². The highest BCUT2D eigenvalue weighted by Gasteiger charge is 2.08. The molecule has 0 spiro atoms. The van der Waals surface area contributed by atoms with Crippen molar-refractivity contribution in [3.63, 3.8) is 0 Å². The summed E-state index contributed by atoms with van der Waals surface area (Å²) in [4.78, 5) is 28.7. The summed E-state index contributed by atoms with van der Waals surface area (Å²) < 4.78 is 0. The number of halogens is 1. The third-order valence-corrected chi connectivity index (χ3v) is 4.04. The van der Waals surface area contributed by atoms with Crippen molar-refractivity contribution >= 4 is 40.9 Å². The number of amides is 1. The van der Waals surface area contributed by atoms with Crippen LogP contribution in [-0.4, -0.2) is 11.9 Å². The minimum Gasteiger partial charge on any atom is -0.339 e. The normalized spacial score (nSPS) is 10.9. The van der Waals surface area contributed by atoms with Crippen LogP contribution in [-0.2, 0) is 9.63 Å². The van der Waals surface area contributed by atoms with Gasteiger partial charge in [0.25, 0.3) is 5.91 Å². The molecule has 7 heteroatoms. The molecule has 0 unspecified atom stereocenters. The lowest BCUT2D eigenvalue weighted by atomic mass is 10.2. The predicted molar refractivity (Wildman–Crippen MR) is 112 cm³/mol. The van der Waals surface area contributed by atoms with Gasteiger partial charge in [0.05, 0.1) is 22.0 Å². The van der Waals surface area contributed by atoms with Crippen LogP contribution in [0.2, 0.25) is 5.02 Å². The second-order valence-electron chi connectivity index (χ2n) is 5.80. The largest absolute Gasteiger partial charge is 0.355 e. The Morgan fingerprint density at radius 1 is 0.897 bits per heavy atom. The molecule has 144 valence electrons. The Morgan fingerprint density at radius 2 is 1.59 bits per heavy atom. The van der Waals surface area contributed by atoms with Gasteiger partial charge in [0, 0.05) is 6.08 Å². The molecule has 0 radical (unpaired) electrons. The Hall–Kier alpha value is -3.77. The van der Waals surface area contributed by atoms with E-state index in [2.05, 4.69) is 15.7 Å². The summed E-state index contributed by atoms with van der Waals surface area (Å²) in [6, 6.07) is 22.6. The van der Waals surface area contributed by atoms with Crippen LogP contribution in [0.25, 0.3) is 6.08 Å². The molecule has 0 aliphatic rings. The van der Waals surface area contributed by atoms with Crippen LogP contribution in [0.4, 0.5) is 11.4 Å². The van der Waals surface area contributed by atoms with Gasteiger partial charge in [-0.2, -0.15) is 0 Å². The van der Waals surface area contributed by atoms with E-state index in [-0.39, 0.29) is 5.56 Å². The summed E-state index contributed by atoms with van der Waals surface area (Å²) in [5.41, 5.74) is 4.74. The van der Waals surface area contributed by atoms with Crippen molar-refractivity contribution in [3.8, 4) is 0 Å². The average molecular weight is 406 g/mol. The molecule has 3 aromatic carbocycles. The van der Waals surface area contributed by atoms with Crippen molar-refractivity contribution in [1.82, 2.24) is 0 Å². The summed E-state index contributed by atoms with van der Waals surface area (Å²) in [7, 11) is 0. The SMILES string of the molecule is O=C(/C=C/c1ccccc1)ONc1ccc(N=NC(=O)c2ccccc2Cl)cc1.